The van der Waals surface area contributed by atoms with E-state index >= 15 is 0 Å². The Balaban J connectivity index is 1.95. The van der Waals surface area contributed by atoms with Gasteiger partial charge in [-0.3, -0.25) is 4.79 Å². The molecule has 0 saturated heterocycles. The second kappa shape index (κ2) is 4.96. The first-order valence-electron chi connectivity index (χ1n) is 7.57. The summed E-state index contributed by atoms with van der Waals surface area (Å²) in [7, 11) is 0. The van der Waals surface area contributed by atoms with Gasteiger partial charge in [0, 0.05) is 0 Å². The number of primary amides is 1. The first-order valence-corrected chi connectivity index (χ1v) is 7.57. The number of carbonyl (C=O) groups excluding carboxylic acids is 1. The molecule has 3 nitrogen and oxygen atoms in total. The lowest BCUT2D eigenvalue weighted by Gasteiger charge is -2.18. The monoisotopic (exact) mass is 295 g/mol. The molecule has 3 N–H and O–H groups in total. The van der Waals surface area contributed by atoms with Crippen molar-refractivity contribution in [2.24, 2.45) is 5.73 Å². The molecule has 22 heavy (non-hydrogen) atoms. The molecular weight excluding hydrogens is 274 g/mol. The van der Waals surface area contributed by atoms with Gasteiger partial charge in [0.15, 0.2) is 0 Å². The Morgan fingerprint density at radius 2 is 1.73 bits per heavy atom. The molecule has 3 rings (SSSR count). The maximum absolute atomic E-state index is 11.7. The summed E-state index contributed by atoms with van der Waals surface area (Å²) in [4.78, 5) is 11.7. The minimum atomic E-state index is -0.843. The Kier molecular flexibility index (Phi) is 3.33. The van der Waals surface area contributed by atoms with E-state index in [9.17, 15) is 9.90 Å². The van der Waals surface area contributed by atoms with Crippen LogP contribution in [0, 0.1) is 0 Å². The van der Waals surface area contributed by atoms with Gasteiger partial charge in [-0.2, -0.15) is 0 Å². The highest BCUT2D eigenvalue weighted by molar-refractivity contribution is 5.90. The van der Waals surface area contributed by atoms with Crippen molar-refractivity contribution in [1.29, 1.82) is 0 Å². The van der Waals surface area contributed by atoms with Crippen LogP contribution in [0.15, 0.2) is 48.5 Å². The first-order chi connectivity index (χ1) is 10.3. The largest absolute Gasteiger partial charge is 0.386 e. The van der Waals surface area contributed by atoms with E-state index in [0.29, 0.717) is 0 Å². The number of benzene rings is 2. The zero-order valence-corrected chi connectivity index (χ0v) is 13.0. The van der Waals surface area contributed by atoms with E-state index in [1.165, 1.54) is 0 Å². The number of nitrogens with two attached hydrogens (primary N) is 1. The van der Waals surface area contributed by atoms with Crippen LogP contribution in [0.25, 0.3) is 11.1 Å². The van der Waals surface area contributed by atoms with Gasteiger partial charge in [0.2, 0.25) is 5.91 Å². The maximum atomic E-state index is 11.7. The summed E-state index contributed by atoms with van der Waals surface area (Å²) in [5.41, 5.74) is 8.27. The molecule has 2 aromatic rings. The van der Waals surface area contributed by atoms with Gasteiger partial charge >= 0.3 is 0 Å². The van der Waals surface area contributed by atoms with E-state index in [2.05, 4.69) is 6.07 Å². The lowest BCUT2D eigenvalue weighted by Crippen LogP contribution is -2.28. The minimum Gasteiger partial charge on any atom is -0.386 e. The first kappa shape index (κ1) is 14.8. The fourth-order valence-electron chi connectivity index (χ4n) is 2.87. The lowest BCUT2D eigenvalue weighted by molar-refractivity contribution is -0.120. The second-order valence-electron chi connectivity index (χ2n) is 6.66. The Morgan fingerprint density at radius 1 is 1.09 bits per heavy atom. The molecule has 114 valence electrons. The number of hydrogen-bond acceptors (Lipinski definition) is 2. The minimum absolute atomic E-state index is 0.234. The highest BCUT2D eigenvalue weighted by atomic mass is 16.3. The Labute approximate surface area is 130 Å². The highest BCUT2D eigenvalue weighted by Gasteiger charge is 2.49. The maximum Gasteiger partial charge on any atom is 0.228 e. The van der Waals surface area contributed by atoms with Crippen LogP contribution in [0.1, 0.15) is 37.8 Å². The fourth-order valence-corrected chi connectivity index (χ4v) is 2.87. The molecule has 0 heterocycles. The average Bonchev–Trinajstić information content (AvgIpc) is 3.28. The molecule has 1 fully saturated rings. The summed E-state index contributed by atoms with van der Waals surface area (Å²) in [6.45, 7) is 3.54. The van der Waals surface area contributed by atoms with Gasteiger partial charge in [-0.15, -0.1) is 0 Å². The van der Waals surface area contributed by atoms with E-state index in [-0.39, 0.29) is 5.91 Å². The van der Waals surface area contributed by atoms with Crippen molar-refractivity contribution in [3.63, 3.8) is 0 Å². The quantitative estimate of drug-likeness (QED) is 0.910. The molecule has 0 atom stereocenters. The van der Waals surface area contributed by atoms with Crippen molar-refractivity contribution < 1.29 is 9.90 Å². The molecule has 1 saturated carbocycles. The summed E-state index contributed by atoms with van der Waals surface area (Å²) in [6, 6.07) is 15.9. The van der Waals surface area contributed by atoms with Crippen LogP contribution in [0.4, 0.5) is 0 Å². The number of hydrogen-bond donors (Lipinski definition) is 2. The molecule has 0 unspecified atom stereocenters. The fraction of sp³-hybridized carbons (Fsp3) is 0.316. The molecule has 0 aromatic heterocycles. The Morgan fingerprint density at radius 3 is 2.23 bits per heavy atom. The number of aliphatic hydroxyl groups is 1. The van der Waals surface area contributed by atoms with E-state index in [1.54, 1.807) is 13.8 Å². The van der Waals surface area contributed by atoms with Crippen molar-refractivity contribution in [2.75, 3.05) is 0 Å². The standard InChI is InChI=1S/C19H21NO2/c1-18(2,22)15-8-6-13(7-9-15)14-4-3-5-16(12-14)19(10-11-19)17(20)21/h3-9,12,22H,10-11H2,1-2H3,(H2,20,21). The average molecular weight is 295 g/mol. The van der Waals surface area contributed by atoms with Gasteiger partial charge in [0.05, 0.1) is 11.0 Å². The molecule has 0 bridgehead atoms. The summed E-state index contributed by atoms with van der Waals surface area (Å²) in [5, 5.41) is 10.0. The van der Waals surface area contributed by atoms with Crippen LogP contribution in [-0.2, 0) is 15.8 Å². The number of carbonyl (C=O) groups is 1. The molecule has 0 spiro atoms. The third-order valence-electron chi connectivity index (χ3n) is 4.56. The molecule has 1 aliphatic carbocycles. The zero-order chi connectivity index (χ0) is 16.0. The number of amides is 1. The normalized spacial score (nSPS) is 16.3. The Hall–Kier alpha value is -2.13. The lowest BCUT2D eigenvalue weighted by atomic mass is 9.91. The van der Waals surface area contributed by atoms with Crippen molar-refractivity contribution >= 4 is 5.91 Å². The van der Waals surface area contributed by atoms with E-state index < -0.39 is 11.0 Å². The molecule has 3 heteroatoms. The molecule has 1 aliphatic rings. The van der Waals surface area contributed by atoms with Crippen molar-refractivity contribution in [1.82, 2.24) is 0 Å². The van der Waals surface area contributed by atoms with Crippen LogP contribution >= 0.6 is 0 Å². The van der Waals surface area contributed by atoms with Gasteiger partial charge in [0.25, 0.3) is 0 Å². The second-order valence-corrected chi connectivity index (χ2v) is 6.66. The molecule has 0 radical (unpaired) electrons. The molecule has 0 aliphatic heterocycles. The van der Waals surface area contributed by atoms with Gasteiger partial charge in [-0.05, 0) is 48.9 Å². The van der Waals surface area contributed by atoms with E-state index in [1.807, 2.05) is 42.5 Å². The van der Waals surface area contributed by atoms with Crippen LogP contribution < -0.4 is 5.73 Å². The SMILES string of the molecule is CC(C)(O)c1ccc(-c2cccc(C3(C(N)=O)CC3)c2)cc1. The molecular formula is C19H21NO2. The van der Waals surface area contributed by atoms with Crippen molar-refractivity contribution in [3.8, 4) is 11.1 Å². The summed E-state index contributed by atoms with van der Waals surface area (Å²) < 4.78 is 0. The molecule has 2 aromatic carbocycles. The Bertz CT molecular complexity index is 707. The highest BCUT2D eigenvalue weighted by Crippen LogP contribution is 2.48. The predicted molar refractivity (Wildman–Crippen MR) is 87.2 cm³/mol. The smallest absolute Gasteiger partial charge is 0.228 e. The van der Waals surface area contributed by atoms with Crippen molar-refractivity contribution in [2.45, 2.75) is 37.7 Å². The van der Waals surface area contributed by atoms with Gasteiger partial charge in [-0.25, -0.2) is 0 Å². The topological polar surface area (TPSA) is 63.3 Å². The molecule has 1 amide bonds. The van der Waals surface area contributed by atoms with Gasteiger partial charge in [-0.1, -0.05) is 48.5 Å². The number of rotatable bonds is 4. The third-order valence-corrected chi connectivity index (χ3v) is 4.56. The van der Waals surface area contributed by atoms with Gasteiger partial charge < -0.3 is 10.8 Å². The van der Waals surface area contributed by atoms with Crippen LogP contribution in [0.3, 0.4) is 0 Å². The van der Waals surface area contributed by atoms with Gasteiger partial charge in [0.1, 0.15) is 0 Å². The van der Waals surface area contributed by atoms with Crippen LogP contribution in [-0.4, -0.2) is 11.0 Å². The summed E-state index contributed by atoms with van der Waals surface area (Å²) in [5.74, 6) is -0.234. The predicted octanol–water partition coefficient (Wildman–Crippen LogP) is 3.10. The summed E-state index contributed by atoms with van der Waals surface area (Å²) in [6.07, 6.45) is 1.67. The van der Waals surface area contributed by atoms with Crippen LogP contribution in [0.5, 0.6) is 0 Å². The van der Waals surface area contributed by atoms with Crippen LogP contribution in [0.2, 0.25) is 0 Å². The third kappa shape index (κ3) is 2.53. The van der Waals surface area contributed by atoms with E-state index in [0.717, 1.165) is 35.1 Å². The van der Waals surface area contributed by atoms with Crippen molar-refractivity contribution in [3.05, 3.63) is 59.7 Å². The summed E-state index contributed by atoms with van der Waals surface area (Å²) >= 11 is 0. The zero-order valence-electron chi connectivity index (χ0n) is 13.0. The van der Waals surface area contributed by atoms with E-state index in [4.69, 9.17) is 5.73 Å².